The zero-order valence-corrected chi connectivity index (χ0v) is 12.0. The van der Waals surface area contributed by atoms with Gasteiger partial charge in [0.25, 0.3) is 5.91 Å². The monoisotopic (exact) mass is 290 g/mol. The van der Waals surface area contributed by atoms with Crippen LogP contribution in [0.1, 0.15) is 21.5 Å². The minimum absolute atomic E-state index is 0.106. The SMILES string of the molecule is Cc1ccc(C(=O)NCC(=O)Nc2nncs2)cc1C. The number of aryl methyl sites for hydroxylation is 2. The van der Waals surface area contributed by atoms with E-state index in [1.165, 1.54) is 16.8 Å². The predicted octanol–water partition coefficient (Wildman–Crippen LogP) is 1.52. The lowest BCUT2D eigenvalue weighted by Crippen LogP contribution is -2.32. The summed E-state index contributed by atoms with van der Waals surface area (Å²) in [7, 11) is 0. The molecule has 104 valence electrons. The van der Waals surface area contributed by atoms with Gasteiger partial charge in [-0.3, -0.25) is 14.9 Å². The Morgan fingerprint density at radius 3 is 2.70 bits per heavy atom. The molecule has 0 saturated heterocycles. The standard InChI is InChI=1S/C13H14N4O2S/c1-8-3-4-10(5-9(8)2)12(19)14-6-11(18)16-13-17-15-7-20-13/h3-5,7H,6H2,1-2H3,(H,14,19)(H,16,17,18). The number of carbonyl (C=O) groups excluding carboxylic acids is 2. The van der Waals surface area contributed by atoms with Gasteiger partial charge in [-0.2, -0.15) is 0 Å². The molecule has 0 spiro atoms. The molecule has 6 nitrogen and oxygen atoms in total. The zero-order valence-electron chi connectivity index (χ0n) is 11.1. The molecule has 0 radical (unpaired) electrons. The summed E-state index contributed by atoms with van der Waals surface area (Å²) in [6.07, 6.45) is 0. The van der Waals surface area contributed by atoms with Gasteiger partial charge in [0.15, 0.2) is 0 Å². The second kappa shape index (κ2) is 6.25. The van der Waals surface area contributed by atoms with E-state index in [2.05, 4.69) is 20.8 Å². The van der Waals surface area contributed by atoms with Crippen LogP contribution in [0.3, 0.4) is 0 Å². The highest BCUT2D eigenvalue weighted by Gasteiger charge is 2.09. The van der Waals surface area contributed by atoms with Crippen LogP contribution in [0.2, 0.25) is 0 Å². The van der Waals surface area contributed by atoms with E-state index in [1.54, 1.807) is 12.1 Å². The van der Waals surface area contributed by atoms with Crippen molar-refractivity contribution in [2.24, 2.45) is 0 Å². The van der Waals surface area contributed by atoms with Gasteiger partial charge in [-0.05, 0) is 37.1 Å². The van der Waals surface area contributed by atoms with Crippen LogP contribution < -0.4 is 10.6 Å². The number of carbonyl (C=O) groups is 2. The Bertz CT molecular complexity index is 625. The van der Waals surface area contributed by atoms with Gasteiger partial charge in [-0.1, -0.05) is 17.4 Å². The molecule has 0 saturated carbocycles. The molecular formula is C13H14N4O2S. The molecule has 2 aromatic rings. The third-order valence-corrected chi connectivity index (χ3v) is 3.39. The van der Waals surface area contributed by atoms with Crippen molar-refractivity contribution < 1.29 is 9.59 Å². The van der Waals surface area contributed by atoms with Crippen LogP contribution in [0.5, 0.6) is 0 Å². The molecule has 7 heteroatoms. The first-order valence-electron chi connectivity index (χ1n) is 5.98. The maximum absolute atomic E-state index is 11.9. The fourth-order valence-electron chi connectivity index (χ4n) is 1.54. The van der Waals surface area contributed by atoms with E-state index in [-0.39, 0.29) is 18.4 Å². The summed E-state index contributed by atoms with van der Waals surface area (Å²) in [5, 5.41) is 12.8. The number of nitrogens with one attached hydrogen (secondary N) is 2. The fraction of sp³-hybridized carbons (Fsp3) is 0.231. The van der Waals surface area contributed by atoms with Crippen molar-refractivity contribution in [2.75, 3.05) is 11.9 Å². The summed E-state index contributed by atoms with van der Waals surface area (Å²) < 4.78 is 0. The Labute approximate surface area is 120 Å². The number of amides is 2. The van der Waals surface area contributed by atoms with Crippen molar-refractivity contribution in [1.82, 2.24) is 15.5 Å². The highest BCUT2D eigenvalue weighted by atomic mass is 32.1. The molecule has 2 rings (SSSR count). The van der Waals surface area contributed by atoms with Crippen LogP contribution in [0, 0.1) is 13.8 Å². The van der Waals surface area contributed by atoms with Crippen LogP contribution in [0.25, 0.3) is 0 Å². The summed E-state index contributed by atoms with van der Waals surface area (Å²) in [5.74, 6) is -0.612. The number of nitrogens with zero attached hydrogens (tertiary/aromatic N) is 2. The normalized spacial score (nSPS) is 10.1. The Morgan fingerprint density at radius 2 is 2.05 bits per heavy atom. The largest absolute Gasteiger partial charge is 0.343 e. The molecule has 2 amide bonds. The Morgan fingerprint density at radius 1 is 1.25 bits per heavy atom. The summed E-state index contributed by atoms with van der Waals surface area (Å²) in [4.78, 5) is 23.5. The van der Waals surface area contributed by atoms with Gasteiger partial charge < -0.3 is 5.32 Å². The molecule has 1 aromatic heterocycles. The van der Waals surface area contributed by atoms with Gasteiger partial charge >= 0.3 is 0 Å². The minimum Gasteiger partial charge on any atom is -0.343 e. The maximum atomic E-state index is 11.9. The number of benzene rings is 1. The van der Waals surface area contributed by atoms with Crippen molar-refractivity contribution in [3.63, 3.8) is 0 Å². The molecular weight excluding hydrogens is 276 g/mol. The van der Waals surface area contributed by atoms with Crippen molar-refractivity contribution in [3.8, 4) is 0 Å². The summed E-state index contributed by atoms with van der Waals surface area (Å²) in [6.45, 7) is 3.81. The molecule has 0 fully saturated rings. The summed E-state index contributed by atoms with van der Waals surface area (Å²) >= 11 is 1.22. The smallest absolute Gasteiger partial charge is 0.251 e. The third-order valence-electron chi connectivity index (χ3n) is 2.78. The lowest BCUT2D eigenvalue weighted by molar-refractivity contribution is -0.115. The first-order chi connectivity index (χ1) is 9.56. The number of rotatable bonds is 4. The second-order valence-electron chi connectivity index (χ2n) is 4.27. The molecule has 0 bridgehead atoms. The van der Waals surface area contributed by atoms with E-state index in [0.717, 1.165) is 11.1 Å². The summed E-state index contributed by atoms with van der Waals surface area (Å²) in [5.41, 5.74) is 4.21. The predicted molar refractivity (Wildman–Crippen MR) is 76.8 cm³/mol. The molecule has 20 heavy (non-hydrogen) atoms. The van der Waals surface area contributed by atoms with Crippen molar-refractivity contribution in [3.05, 3.63) is 40.4 Å². The lowest BCUT2D eigenvalue weighted by Gasteiger charge is -2.06. The molecule has 0 aliphatic heterocycles. The van der Waals surface area contributed by atoms with E-state index >= 15 is 0 Å². The van der Waals surface area contributed by atoms with Gasteiger partial charge in [0, 0.05) is 5.56 Å². The first-order valence-corrected chi connectivity index (χ1v) is 6.85. The highest BCUT2D eigenvalue weighted by molar-refractivity contribution is 7.13. The highest BCUT2D eigenvalue weighted by Crippen LogP contribution is 2.10. The molecule has 0 aliphatic rings. The van der Waals surface area contributed by atoms with Crippen LogP contribution in [0.15, 0.2) is 23.7 Å². The molecule has 0 aliphatic carbocycles. The van der Waals surface area contributed by atoms with Crippen molar-refractivity contribution >= 4 is 28.3 Å². The number of aromatic nitrogens is 2. The van der Waals surface area contributed by atoms with Crippen LogP contribution in [-0.4, -0.2) is 28.6 Å². The average Bonchev–Trinajstić information content (AvgIpc) is 2.92. The van der Waals surface area contributed by atoms with Gasteiger partial charge in [0.1, 0.15) is 5.51 Å². The van der Waals surface area contributed by atoms with Gasteiger partial charge in [-0.15, -0.1) is 10.2 Å². The summed E-state index contributed by atoms with van der Waals surface area (Å²) in [6, 6.07) is 5.42. The minimum atomic E-state index is -0.334. The Balaban J connectivity index is 1.88. The molecule has 1 heterocycles. The maximum Gasteiger partial charge on any atom is 0.251 e. The van der Waals surface area contributed by atoms with Gasteiger partial charge in [0.05, 0.1) is 6.54 Å². The van der Waals surface area contributed by atoms with E-state index < -0.39 is 0 Å². The quantitative estimate of drug-likeness (QED) is 0.894. The average molecular weight is 290 g/mol. The van der Waals surface area contributed by atoms with Crippen molar-refractivity contribution in [2.45, 2.75) is 13.8 Å². The van der Waals surface area contributed by atoms with E-state index in [0.29, 0.717) is 10.7 Å². The van der Waals surface area contributed by atoms with E-state index in [9.17, 15) is 9.59 Å². The Hall–Kier alpha value is -2.28. The first kappa shape index (κ1) is 14.1. The second-order valence-corrected chi connectivity index (χ2v) is 5.11. The molecule has 0 atom stereocenters. The number of anilines is 1. The topological polar surface area (TPSA) is 84.0 Å². The van der Waals surface area contributed by atoms with Gasteiger partial charge in [-0.25, -0.2) is 0 Å². The van der Waals surface area contributed by atoms with Crippen LogP contribution >= 0.6 is 11.3 Å². The third kappa shape index (κ3) is 3.61. The zero-order chi connectivity index (χ0) is 14.5. The van der Waals surface area contributed by atoms with E-state index in [4.69, 9.17) is 0 Å². The van der Waals surface area contributed by atoms with Crippen LogP contribution in [-0.2, 0) is 4.79 Å². The number of hydrogen-bond acceptors (Lipinski definition) is 5. The lowest BCUT2D eigenvalue weighted by atomic mass is 10.1. The molecule has 0 unspecified atom stereocenters. The van der Waals surface area contributed by atoms with E-state index in [1.807, 2.05) is 19.9 Å². The Kier molecular flexibility index (Phi) is 4.41. The fourth-order valence-corrected chi connectivity index (χ4v) is 2.00. The van der Waals surface area contributed by atoms with Crippen LogP contribution in [0.4, 0.5) is 5.13 Å². The molecule has 2 N–H and O–H groups in total. The molecule has 1 aromatic carbocycles. The van der Waals surface area contributed by atoms with Crippen molar-refractivity contribution in [1.29, 1.82) is 0 Å². The van der Waals surface area contributed by atoms with Gasteiger partial charge in [0.2, 0.25) is 11.0 Å². The number of hydrogen-bond donors (Lipinski definition) is 2.